The summed E-state index contributed by atoms with van der Waals surface area (Å²) < 4.78 is 25.6. The van der Waals surface area contributed by atoms with Gasteiger partial charge in [-0.3, -0.25) is 9.59 Å². The predicted octanol–water partition coefficient (Wildman–Crippen LogP) is 8.63. The number of nitrogens with one attached hydrogen (secondary N) is 1. The van der Waals surface area contributed by atoms with Gasteiger partial charge in [-0.05, 0) is 96.8 Å². The van der Waals surface area contributed by atoms with E-state index in [2.05, 4.69) is 73.7 Å². The van der Waals surface area contributed by atoms with Crippen LogP contribution in [-0.4, -0.2) is 55.5 Å². The molecule has 3 saturated carbocycles. The summed E-state index contributed by atoms with van der Waals surface area (Å²) in [4.78, 5) is 39.7. The first-order valence-electron chi connectivity index (χ1n) is 21.0. The summed E-state index contributed by atoms with van der Waals surface area (Å²) in [6.45, 7) is 25.3. The number of amides is 2. The normalized spacial score (nSPS) is 39.7. The van der Waals surface area contributed by atoms with E-state index in [0.717, 1.165) is 37.7 Å². The van der Waals surface area contributed by atoms with Gasteiger partial charge in [-0.15, -0.1) is 0 Å². The van der Waals surface area contributed by atoms with Crippen molar-refractivity contribution in [3.05, 3.63) is 47.5 Å². The Morgan fingerprint density at radius 1 is 0.982 bits per heavy atom. The molecule has 306 valence electrons. The van der Waals surface area contributed by atoms with Crippen LogP contribution in [0.3, 0.4) is 0 Å². The van der Waals surface area contributed by atoms with Gasteiger partial charge in [0.05, 0.1) is 25.4 Å². The second-order valence-electron chi connectivity index (χ2n) is 20.3. The van der Waals surface area contributed by atoms with Crippen molar-refractivity contribution in [1.29, 1.82) is 0 Å². The van der Waals surface area contributed by atoms with Crippen LogP contribution in [0.25, 0.3) is 0 Å². The molecule has 55 heavy (non-hydrogen) atoms. The molecule has 4 fully saturated rings. The largest absolute Gasteiger partial charge is 0.460 e. The number of allylic oxidation sites excluding steroid dienone is 1. The fraction of sp³-hybridized carbons (Fsp3) is 0.761. The highest BCUT2D eigenvalue weighted by molar-refractivity contribution is 5.79. The molecule has 12 atom stereocenters. The number of primary amides is 1. The Bertz CT molecular complexity index is 1650. The molecule has 1 heterocycles. The maximum atomic E-state index is 13.7. The zero-order valence-electron chi connectivity index (χ0n) is 35.6. The van der Waals surface area contributed by atoms with Crippen molar-refractivity contribution in [3.8, 4) is 0 Å². The van der Waals surface area contributed by atoms with Gasteiger partial charge in [0.15, 0.2) is 0 Å². The maximum Gasteiger partial charge on any atom is 0.407 e. The number of fused-ring (bicyclic) bond motifs is 3. The Morgan fingerprint density at radius 2 is 1.67 bits per heavy atom. The Hall–Kier alpha value is -2.91. The molecular weight excluding hydrogens is 693 g/mol. The lowest BCUT2D eigenvalue weighted by molar-refractivity contribution is -0.269. The third kappa shape index (κ3) is 6.75. The molecular formula is C46H70N2O7. The van der Waals surface area contributed by atoms with Gasteiger partial charge < -0.3 is 30.0 Å². The van der Waals surface area contributed by atoms with Gasteiger partial charge >= 0.3 is 12.1 Å². The molecule has 1 saturated heterocycles. The summed E-state index contributed by atoms with van der Waals surface area (Å²) in [6.07, 6.45) is 6.45. The molecule has 2 amide bonds. The number of ether oxygens (including phenoxy) is 4. The molecule has 6 rings (SSSR count). The Kier molecular flexibility index (Phi) is 11.2. The van der Waals surface area contributed by atoms with E-state index in [-0.39, 0.29) is 70.4 Å². The van der Waals surface area contributed by atoms with Crippen LogP contribution < -0.4 is 11.1 Å². The summed E-state index contributed by atoms with van der Waals surface area (Å²) in [6, 6.07) is 9.63. The van der Waals surface area contributed by atoms with Crippen LogP contribution in [0.4, 0.5) is 4.79 Å². The minimum Gasteiger partial charge on any atom is -0.460 e. The Labute approximate surface area is 330 Å². The quantitative estimate of drug-likeness (QED) is 0.171. The van der Waals surface area contributed by atoms with Crippen molar-refractivity contribution < 1.29 is 33.3 Å². The van der Waals surface area contributed by atoms with Gasteiger partial charge in [0.25, 0.3) is 0 Å². The fourth-order valence-electron chi connectivity index (χ4n) is 12.9. The standard InChI is InChI=1S/C46H70N2O7/c1-28(2)30(5)41(7)21-22-43(9)33-17-18-36-42(8)25-52-27-46(36,34(33)19-20-44(43,10)37(41)39(47)50)23-35(55-31(6)49)38(42)54-26-45(11,29(3)4)48-40(51)53-24-32-15-13-12-14-16-32/h12-16,19,28-30,33,35-38H,17-18,20-27H2,1-11H3,(H2,47,50)(H,48,51)/t30-,33+,35-,36+,37-,38+,41-,42-,43-,44+,45-,46+/m1/s1. The van der Waals surface area contributed by atoms with Crippen molar-refractivity contribution in [1.82, 2.24) is 5.32 Å². The number of nitrogens with two attached hydrogens (primary N) is 1. The zero-order chi connectivity index (χ0) is 40.4. The fourth-order valence-corrected chi connectivity index (χ4v) is 12.9. The van der Waals surface area contributed by atoms with E-state index in [9.17, 15) is 14.4 Å². The molecule has 0 aromatic heterocycles. The lowest BCUT2D eigenvalue weighted by atomic mass is 9.34. The lowest BCUT2D eigenvalue weighted by Gasteiger charge is -2.71. The third-order valence-corrected chi connectivity index (χ3v) is 16.9. The highest BCUT2D eigenvalue weighted by Gasteiger charge is 2.72. The zero-order valence-corrected chi connectivity index (χ0v) is 35.6. The molecule has 5 aliphatic rings. The average Bonchev–Trinajstić information content (AvgIpc) is 3.10. The first-order chi connectivity index (χ1) is 25.7. The first kappa shape index (κ1) is 41.7. The van der Waals surface area contributed by atoms with E-state index in [1.807, 2.05) is 37.3 Å². The lowest BCUT2D eigenvalue weighted by Crippen LogP contribution is -2.70. The van der Waals surface area contributed by atoms with E-state index in [4.69, 9.17) is 24.7 Å². The molecule has 1 aromatic rings. The smallest absolute Gasteiger partial charge is 0.407 e. The van der Waals surface area contributed by atoms with Crippen LogP contribution >= 0.6 is 0 Å². The maximum absolute atomic E-state index is 13.7. The minimum absolute atomic E-state index is 0.0186. The van der Waals surface area contributed by atoms with Gasteiger partial charge in [0.1, 0.15) is 18.8 Å². The second kappa shape index (κ2) is 14.8. The number of alkyl carbamates (subject to hydrolysis) is 1. The molecule has 1 aromatic carbocycles. The van der Waals surface area contributed by atoms with Crippen molar-refractivity contribution in [2.75, 3.05) is 19.8 Å². The monoisotopic (exact) mass is 763 g/mol. The topological polar surface area (TPSA) is 126 Å². The summed E-state index contributed by atoms with van der Waals surface area (Å²) >= 11 is 0. The molecule has 4 aliphatic carbocycles. The second-order valence-corrected chi connectivity index (χ2v) is 20.3. The van der Waals surface area contributed by atoms with Crippen LogP contribution in [-0.2, 0) is 35.1 Å². The van der Waals surface area contributed by atoms with Crippen molar-refractivity contribution in [3.63, 3.8) is 0 Å². The predicted molar refractivity (Wildman–Crippen MR) is 213 cm³/mol. The molecule has 3 N–H and O–H groups in total. The van der Waals surface area contributed by atoms with Crippen LogP contribution in [0, 0.1) is 62.6 Å². The number of esters is 1. The number of carbonyl (C=O) groups is 3. The first-order valence-corrected chi connectivity index (χ1v) is 21.0. The van der Waals surface area contributed by atoms with Crippen molar-refractivity contribution in [2.24, 2.45) is 68.3 Å². The van der Waals surface area contributed by atoms with Crippen LogP contribution in [0.15, 0.2) is 42.0 Å². The number of carbonyl (C=O) groups excluding carboxylic acids is 3. The number of benzene rings is 1. The molecule has 0 unspecified atom stereocenters. The van der Waals surface area contributed by atoms with Gasteiger partial charge in [0.2, 0.25) is 5.91 Å². The van der Waals surface area contributed by atoms with Gasteiger partial charge in [-0.25, -0.2) is 4.79 Å². The third-order valence-electron chi connectivity index (χ3n) is 16.9. The molecule has 9 nitrogen and oxygen atoms in total. The van der Waals surface area contributed by atoms with E-state index in [0.29, 0.717) is 31.5 Å². The number of hydrogen-bond acceptors (Lipinski definition) is 7. The SMILES string of the molecule is CC(=O)O[C@@H]1C[C@@]23COC[C@](C)([C@@H]2CC[C@H]2C3=CC[C@@]3(C)[C@H](C(N)=O)[C@@](C)([C@H](C)C(C)C)CC[C@]23C)[C@H]1OC[C@@](C)(NC(=O)OCc1ccccc1)C(C)C. The molecule has 2 bridgehead atoms. The van der Waals surface area contributed by atoms with Gasteiger partial charge in [-0.1, -0.05) is 104 Å². The Balaban J connectivity index is 1.30. The highest BCUT2D eigenvalue weighted by atomic mass is 16.6. The summed E-state index contributed by atoms with van der Waals surface area (Å²) in [5, 5.41) is 3.12. The van der Waals surface area contributed by atoms with Crippen molar-refractivity contribution in [2.45, 2.75) is 139 Å². The number of rotatable bonds is 11. The summed E-state index contributed by atoms with van der Waals surface area (Å²) in [7, 11) is 0. The van der Waals surface area contributed by atoms with Gasteiger partial charge in [-0.2, -0.15) is 0 Å². The molecule has 0 spiro atoms. The van der Waals surface area contributed by atoms with Crippen LogP contribution in [0.5, 0.6) is 0 Å². The van der Waals surface area contributed by atoms with E-state index in [1.54, 1.807) is 0 Å². The summed E-state index contributed by atoms with van der Waals surface area (Å²) in [5.41, 5.74) is 6.66. The van der Waals surface area contributed by atoms with Gasteiger partial charge in [0, 0.05) is 23.7 Å². The van der Waals surface area contributed by atoms with Crippen LogP contribution in [0.1, 0.15) is 120 Å². The van der Waals surface area contributed by atoms with E-state index < -0.39 is 29.3 Å². The number of hydrogen-bond donors (Lipinski definition) is 2. The van der Waals surface area contributed by atoms with E-state index >= 15 is 0 Å². The molecule has 0 radical (unpaired) electrons. The summed E-state index contributed by atoms with van der Waals surface area (Å²) in [5.74, 6) is 0.590. The van der Waals surface area contributed by atoms with Crippen molar-refractivity contribution >= 4 is 18.0 Å². The minimum atomic E-state index is -0.753. The van der Waals surface area contributed by atoms with E-state index in [1.165, 1.54) is 12.5 Å². The molecule has 1 aliphatic heterocycles. The van der Waals surface area contributed by atoms with Crippen LogP contribution in [0.2, 0.25) is 0 Å². The average molecular weight is 763 g/mol. The Morgan fingerprint density at radius 3 is 2.29 bits per heavy atom. The molecule has 9 heteroatoms. The highest BCUT2D eigenvalue weighted by Crippen LogP contribution is 2.75.